The molecule has 2 nitrogen and oxygen atoms in total. The number of carbonyl (C=O) groups is 1. The fourth-order valence-electron chi connectivity index (χ4n) is 2.98. The van der Waals surface area contributed by atoms with Crippen LogP contribution in [0.15, 0.2) is 24.3 Å². The predicted octanol–water partition coefficient (Wildman–Crippen LogP) is 4.75. The minimum absolute atomic E-state index is 0.0402. The Morgan fingerprint density at radius 2 is 2.10 bits per heavy atom. The number of amides is 1. The van der Waals surface area contributed by atoms with E-state index in [1.54, 1.807) is 11.3 Å². The Morgan fingerprint density at radius 3 is 2.86 bits per heavy atom. The van der Waals surface area contributed by atoms with E-state index in [-0.39, 0.29) is 5.91 Å². The summed E-state index contributed by atoms with van der Waals surface area (Å²) in [6.07, 6.45) is 5.70. The molecule has 110 valence electrons. The molecule has 0 fully saturated rings. The lowest BCUT2D eigenvalue weighted by atomic mass is 9.99. The van der Waals surface area contributed by atoms with Crippen LogP contribution in [0, 0.1) is 6.92 Å². The highest BCUT2D eigenvalue weighted by Gasteiger charge is 2.18. The van der Waals surface area contributed by atoms with Crippen molar-refractivity contribution < 1.29 is 4.79 Å². The lowest BCUT2D eigenvalue weighted by Crippen LogP contribution is -2.13. The number of fused-ring (bicyclic) bond motifs is 1. The zero-order valence-electron chi connectivity index (χ0n) is 12.7. The van der Waals surface area contributed by atoms with Gasteiger partial charge in [-0.25, -0.2) is 0 Å². The summed E-state index contributed by atoms with van der Waals surface area (Å²) in [6.45, 7) is 4.17. The maximum atomic E-state index is 12.6. The third-order valence-corrected chi connectivity index (χ3v) is 5.43. The molecule has 0 saturated heterocycles. The number of aryl methyl sites for hydroxylation is 4. The minimum atomic E-state index is 0.0402. The molecule has 0 saturated carbocycles. The average Bonchev–Trinajstić information content (AvgIpc) is 2.93. The van der Waals surface area contributed by atoms with Gasteiger partial charge in [-0.15, -0.1) is 11.3 Å². The van der Waals surface area contributed by atoms with Crippen LogP contribution < -0.4 is 5.32 Å². The summed E-state index contributed by atoms with van der Waals surface area (Å²) in [6, 6.07) is 8.28. The van der Waals surface area contributed by atoms with Gasteiger partial charge in [0.05, 0.1) is 4.88 Å². The van der Waals surface area contributed by atoms with Gasteiger partial charge in [0.2, 0.25) is 0 Å². The maximum absolute atomic E-state index is 12.6. The second kappa shape index (κ2) is 6.02. The molecule has 21 heavy (non-hydrogen) atoms. The van der Waals surface area contributed by atoms with Crippen molar-refractivity contribution in [1.82, 2.24) is 0 Å². The summed E-state index contributed by atoms with van der Waals surface area (Å²) in [7, 11) is 0. The van der Waals surface area contributed by atoms with Crippen molar-refractivity contribution in [1.29, 1.82) is 0 Å². The SMILES string of the molecule is CCc1cccc(C)c1NC(=O)c1cc2c(s1)CCCC2. The number of carbonyl (C=O) groups excluding carboxylic acids is 1. The Hall–Kier alpha value is -1.61. The van der Waals surface area contributed by atoms with Gasteiger partial charge in [-0.1, -0.05) is 25.1 Å². The molecular formula is C18H21NOS. The Bertz CT molecular complexity index is 648. The molecule has 1 N–H and O–H groups in total. The third-order valence-electron chi connectivity index (χ3n) is 4.20. The number of hydrogen-bond acceptors (Lipinski definition) is 2. The van der Waals surface area contributed by atoms with Crippen molar-refractivity contribution in [3.05, 3.63) is 50.7 Å². The van der Waals surface area contributed by atoms with E-state index < -0.39 is 0 Å². The highest BCUT2D eigenvalue weighted by Crippen LogP contribution is 2.30. The first-order valence-corrected chi connectivity index (χ1v) is 8.52. The summed E-state index contributed by atoms with van der Waals surface area (Å²) in [5.41, 5.74) is 4.70. The summed E-state index contributed by atoms with van der Waals surface area (Å²) in [4.78, 5) is 14.8. The lowest BCUT2D eigenvalue weighted by molar-refractivity contribution is 0.103. The van der Waals surface area contributed by atoms with Crippen LogP contribution in [0.1, 0.15) is 51.0 Å². The first-order chi connectivity index (χ1) is 10.2. The van der Waals surface area contributed by atoms with Crippen LogP contribution in [0.2, 0.25) is 0 Å². The standard InChI is InChI=1S/C18H21NOS/c1-3-13-9-6-7-12(2)17(13)19-18(20)16-11-14-8-4-5-10-15(14)21-16/h6-7,9,11H,3-5,8,10H2,1-2H3,(H,19,20). The zero-order chi connectivity index (χ0) is 14.8. The third kappa shape index (κ3) is 2.88. The van der Waals surface area contributed by atoms with Gasteiger partial charge in [-0.2, -0.15) is 0 Å². The molecular weight excluding hydrogens is 278 g/mol. The van der Waals surface area contributed by atoms with Gasteiger partial charge in [0.15, 0.2) is 0 Å². The van der Waals surface area contributed by atoms with Crippen molar-refractivity contribution in [2.75, 3.05) is 5.32 Å². The first kappa shape index (κ1) is 14.3. The predicted molar refractivity (Wildman–Crippen MR) is 89.5 cm³/mol. The van der Waals surface area contributed by atoms with Gasteiger partial charge in [-0.3, -0.25) is 4.79 Å². The molecule has 3 rings (SSSR count). The zero-order valence-corrected chi connectivity index (χ0v) is 13.5. The fraction of sp³-hybridized carbons (Fsp3) is 0.389. The number of benzene rings is 1. The molecule has 1 heterocycles. The van der Waals surface area contributed by atoms with E-state index in [9.17, 15) is 4.79 Å². The summed E-state index contributed by atoms with van der Waals surface area (Å²) >= 11 is 1.67. The fourth-order valence-corrected chi connectivity index (χ4v) is 4.13. The van der Waals surface area contributed by atoms with E-state index >= 15 is 0 Å². The Kier molecular flexibility index (Phi) is 4.11. The molecule has 0 unspecified atom stereocenters. The lowest BCUT2D eigenvalue weighted by Gasteiger charge is -2.12. The summed E-state index contributed by atoms with van der Waals surface area (Å²) in [5.74, 6) is 0.0402. The molecule has 1 aliphatic carbocycles. The van der Waals surface area contributed by atoms with Crippen molar-refractivity contribution in [2.45, 2.75) is 46.0 Å². The Morgan fingerprint density at radius 1 is 1.29 bits per heavy atom. The molecule has 1 aromatic carbocycles. The number of hydrogen-bond donors (Lipinski definition) is 1. The number of anilines is 1. The van der Waals surface area contributed by atoms with Crippen molar-refractivity contribution >= 4 is 22.9 Å². The molecule has 0 bridgehead atoms. The van der Waals surface area contributed by atoms with Crippen LogP contribution in [0.3, 0.4) is 0 Å². The number of nitrogens with one attached hydrogen (secondary N) is 1. The molecule has 3 heteroatoms. The van der Waals surface area contributed by atoms with Crippen LogP contribution >= 0.6 is 11.3 Å². The van der Waals surface area contributed by atoms with E-state index in [2.05, 4.69) is 24.4 Å². The van der Waals surface area contributed by atoms with Crippen molar-refractivity contribution in [3.63, 3.8) is 0 Å². The summed E-state index contributed by atoms with van der Waals surface area (Å²) in [5, 5.41) is 3.13. The summed E-state index contributed by atoms with van der Waals surface area (Å²) < 4.78 is 0. The Labute approximate surface area is 130 Å². The van der Waals surface area contributed by atoms with E-state index in [1.165, 1.54) is 28.8 Å². The van der Waals surface area contributed by atoms with Gasteiger partial charge in [-0.05, 0) is 61.8 Å². The van der Waals surface area contributed by atoms with Gasteiger partial charge in [0, 0.05) is 10.6 Å². The topological polar surface area (TPSA) is 29.1 Å². The number of rotatable bonds is 3. The first-order valence-electron chi connectivity index (χ1n) is 7.70. The van der Waals surface area contributed by atoms with Gasteiger partial charge < -0.3 is 5.32 Å². The van der Waals surface area contributed by atoms with Crippen LogP contribution in [0.4, 0.5) is 5.69 Å². The van der Waals surface area contributed by atoms with Crippen LogP contribution in [-0.4, -0.2) is 5.91 Å². The maximum Gasteiger partial charge on any atom is 0.265 e. The van der Waals surface area contributed by atoms with Crippen LogP contribution in [0.5, 0.6) is 0 Å². The van der Waals surface area contributed by atoms with Crippen molar-refractivity contribution in [2.24, 2.45) is 0 Å². The number of thiophene rings is 1. The van der Waals surface area contributed by atoms with Gasteiger partial charge in [0.1, 0.15) is 0 Å². The second-order valence-electron chi connectivity index (χ2n) is 5.68. The van der Waals surface area contributed by atoms with Gasteiger partial charge >= 0.3 is 0 Å². The highest BCUT2D eigenvalue weighted by atomic mass is 32.1. The molecule has 0 spiro atoms. The quantitative estimate of drug-likeness (QED) is 0.870. The molecule has 1 aliphatic rings. The minimum Gasteiger partial charge on any atom is -0.321 e. The van der Waals surface area contributed by atoms with E-state index in [0.29, 0.717) is 0 Å². The molecule has 0 radical (unpaired) electrons. The Balaban J connectivity index is 1.85. The van der Waals surface area contributed by atoms with E-state index in [0.717, 1.165) is 35.4 Å². The highest BCUT2D eigenvalue weighted by molar-refractivity contribution is 7.14. The van der Waals surface area contributed by atoms with Gasteiger partial charge in [0.25, 0.3) is 5.91 Å². The normalized spacial score (nSPS) is 13.8. The number of para-hydroxylation sites is 1. The smallest absolute Gasteiger partial charge is 0.265 e. The van der Waals surface area contributed by atoms with Crippen molar-refractivity contribution in [3.8, 4) is 0 Å². The average molecular weight is 299 g/mol. The van der Waals surface area contributed by atoms with E-state index in [1.807, 2.05) is 19.1 Å². The van der Waals surface area contributed by atoms with Crippen LogP contribution in [-0.2, 0) is 19.3 Å². The largest absolute Gasteiger partial charge is 0.321 e. The molecule has 1 amide bonds. The van der Waals surface area contributed by atoms with E-state index in [4.69, 9.17) is 0 Å². The molecule has 0 atom stereocenters. The molecule has 2 aromatic rings. The van der Waals surface area contributed by atoms with Crippen LogP contribution in [0.25, 0.3) is 0 Å². The second-order valence-corrected chi connectivity index (χ2v) is 6.82. The molecule has 1 aromatic heterocycles. The monoisotopic (exact) mass is 299 g/mol. The molecule has 0 aliphatic heterocycles.